The first kappa shape index (κ1) is 28.3. The summed E-state index contributed by atoms with van der Waals surface area (Å²) in [6, 6.07) is -0.606. The molecule has 0 aromatic heterocycles. The number of likely N-dealkylation sites (tertiary alicyclic amines) is 1. The van der Waals surface area contributed by atoms with E-state index in [-0.39, 0.29) is 35.8 Å². The zero-order valence-corrected chi connectivity index (χ0v) is 22.6. The molecule has 1 aliphatic carbocycles. The summed E-state index contributed by atoms with van der Waals surface area (Å²) in [7, 11) is 1.76. The highest BCUT2D eigenvalue weighted by Crippen LogP contribution is 2.31. The van der Waals surface area contributed by atoms with Crippen LogP contribution in [0.1, 0.15) is 87.0 Å². The first-order valence-corrected chi connectivity index (χ1v) is 13.1. The summed E-state index contributed by atoms with van der Waals surface area (Å²) in [5, 5.41) is 3.15. The lowest BCUT2D eigenvalue weighted by Gasteiger charge is -2.45. The SMILES string of the molecule is CCOC(=O)C(C)=C[C@H](C(C)C)N(C)C(=O)[C@@H](NC(=O)[C@H]1CCCCN1C1CCC1)C(C)(C)C. The Morgan fingerprint density at radius 2 is 1.76 bits per heavy atom. The molecule has 2 amide bonds. The van der Waals surface area contributed by atoms with E-state index in [4.69, 9.17) is 4.74 Å². The highest BCUT2D eigenvalue weighted by Gasteiger charge is 2.41. The molecule has 194 valence electrons. The third kappa shape index (κ3) is 7.06. The molecule has 0 spiro atoms. The number of nitrogens with zero attached hydrogens (tertiary/aromatic N) is 2. The molecule has 2 aliphatic rings. The normalized spacial score (nSPS) is 22.0. The van der Waals surface area contributed by atoms with Gasteiger partial charge in [-0.15, -0.1) is 0 Å². The Hall–Kier alpha value is -1.89. The minimum Gasteiger partial charge on any atom is -0.463 e. The second-order valence-corrected chi connectivity index (χ2v) is 11.4. The molecule has 1 aliphatic heterocycles. The van der Waals surface area contributed by atoms with Gasteiger partial charge in [0, 0.05) is 18.7 Å². The van der Waals surface area contributed by atoms with E-state index in [0.717, 1.165) is 38.6 Å². The number of amides is 2. The van der Waals surface area contributed by atoms with Crippen LogP contribution in [0.15, 0.2) is 11.6 Å². The van der Waals surface area contributed by atoms with Crippen molar-refractivity contribution in [3.63, 3.8) is 0 Å². The number of hydrogen-bond donors (Lipinski definition) is 1. The van der Waals surface area contributed by atoms with Crippen LogP contribution in [-0.2, 0) is 19.1 Å². The van der Waals surface area contributed by atoms with Crippen molar-refractivity contribution in [2.24, 2.45) is 11.3 Å². The number of hydrogen-bond acceptors (Lipinski definition) is 5. The molecule has 0 aromatic rings. The van der Waals surface area contributed by atoms with Crippen molar-refractivity contribution >= 4 is 17.8 Å². The number of nitrogens with one attached hydrogen (secondary N) is 1. The van der Waals surface area contributed by atoms with Crippen LogP contribution in [0.3, 0.4) is 0 Å². The summed E-state index contributed by atoms with van der Waals surface area (Å²) >= 11 is 0. The van der Waals surface area contributed by atoms with Crippen LogP contribution in [0.25, 0.3) is 0 Å². The quantitative estimate of drug-likeness (QED) is 0.402. The van der Waals surface area contributed by atoms with Gasteiger partial charge >= 0.3 is 5.97 Å². The molecular formula is C27H47N3O4. The van der Waals surface area contributed by atoms with E-state index in [2.05, 4.69) is 10.2 Å². The molecule has 0 radical (unpaired) electrons. The van der Waals surface area contributed by atoms with E-state index < -0.39 is 11.5 Å². The molecule has 2 rings (SSSR count). The van der Waals surface area contributed by atoms with Gasteiger partial charge in [-0.3, -0.25) is 14.5 Å². The average molecular weight is 478 g/mol. The summed E-state index contributed by atoms with van der Waals surface area (Å²) in [5.41, 5.74) is 0.0215. The third-order valence-electron chi connectivity index (χ3n) is 7.29. The summed E-state index contributed by atoms with van der Waals surface area (Å²) in [4.78, 5) is 43.5. The second kappa shape index (κ2) is 12.2. The fraction of sp³-hybridized carbons (Fsp3) is 0.815. The van der Waals surface area contributed by atoms with Crippen LogP contribution in [0, 0.1) is 11.3 Å². The second-order valence-electron chi connectivity index (χ2n) is 11.4. The maximum Gasteiger partial charge on any atom is 0.333 e. The van der Waals surface area contributed by atoms with Crippen LogP contribution in [0.4, 0.5) is 0 Å². The largest absolute Gasteiger partial charge is 0.463 e. The van der Waals surface area contributed by atoms with E-state index in [1.165, 1.54) is 6.42 Å². The molecule has 3 atom stereocenters. The van der Waals surface area contributed by atoms with Gasteiger partial charge in [0.05, 0.1) is 18.7 Å². The summed E-state index contributed by atoms with van der Waals surface area (Å²) in [5.74, 6) is -0.462. The Balaban J connectivity index is 2.22. The summed E-state index contributed by atoms with van der Waals surface area (Å²) in [6.45, 7) is 14.8. The molecule has 0 aromatic carbocycles. The van der Waals surface area contributed by atoms with E-state index in [1.807, 2.05) is 40.7 Å². The number of piperidine rings is 1. The minimum absolute atomic E-state index is 0.0346. The van der Waals surface area contributed by atoms with Gasteiger partial charge in [-0.2, -0.15) is 0 Å². The van der Waals surface area contributed by atoms with Crippen LogP contribution < -0.4 is 5.32 Å². The van der Waals surface area contributed by atoms with Crippen LogP contribution in [0.2, 0.25) is 0 Å². The highest BCUT2D eigenvalue weighted by molar-refractivity contribution is 5.91. The monoisotopic (exact) mass is 477 g/mol. The summed E-state index contributed by atoms with van der Waals surface area (Å²) in [6.07, 6.45) is 8.39. The zero-order valence-electron chi connectivity index (χ0n) is 22.6. The third-order valence-corrected chi connectivity index (χ3v) is 7.29. The maximum absolute atomic E-state index is 13.8. The van der Waals surface area contributed by atoms with Gasteiger partial charge < -0.3 is 15.0 Å². The lowest BCUT2D eigenvalue weighted by Crippen LogP contribution is -2.61. The Bertz CT molecular complexity index is 751. The van der Waals surface area contributed by atoms with E-state index >= 15 is 0 Å². The molecule has 2 fully saturated rings. The number of likely N-dealkylation sites (N-methyl/N-ethyl adjacent to an activating group) is 1. The molecule has 34 heavy (non-hydrogen) atoms. The zero-order chi connectivity index (χ0) is 25.6. The maximum atomic E-state index is 13.8. The van der Waals surface area contributed by atoms with Crippen LogP contribution in [0.5, 0.6) is 0 Å². The molecule has 1 saturated carbocycles. The van der Waals surface area contributed by atoms with Crippen molar-refractivity contribution in [1.29, 1.82) is 0 Å². The first-order chi connectivity index (χ1) is 15.9. The Kier molecular flexibility index (Phi) is 10.2. The molecule has 7 nitrogen and oxygen atoms in total. The number of carbonyl (C=O) groups excluding carboxylic acids is 3. The van der Waals surface area contributed by atoms with E-state index in [9.17, 15) is 14.4 Å². The number of ether oxygens (including phenoxy) is 1. The molecule has 1 heterocycles. The fourth-order valence-corrected chi connectivity index (χ4v) is 4.95. The fourth-order valence-electron chi connectivity index (χ4n) is 4.95. The number of carbonyl (C=O) groups is 3. The first-order valence-electron chi connectivity index (χ1n) is 13.1. The van der Waals surface area contributed by atoms with Crippen molar-refractivity contribution < 1.29 is 19.1 Å². The van der Waals surface area contributed by atoms with Gasteiger partial charge in [0.25, 0.3) is 0 Å². The van der Waals surface area contributed by atoms with Crippen LogP contribution in [-0.4, -0.2) is 72.0 Å². The van der Waals surface area contributed by atoms with Gasteiger partial charge in [-0.25, -0.2) is 4.79 Å². The number of rotatable bonds is 9. The van der Waals surface area contributed by atoms with Gasteiger partial charge in [0.1, 0.15) is 6.04 Å². The van der Waals surface area contributed by atoms with Crippen LogP contribution >= 0.6 is 0 Å². The Morgan fingerprint density at radius 1 is 1.12 bits per heavy atom. The van der Waals surface area contributed by atoms with Crippen molar-refractivity contribution in [1.82, 2.24) is 15.1 Å². The minimum atomic E-state index is -0.660. The predicted octanol–water partition coefficient (Wildman–Crippen LogP) is 3.92. The van der Waals surface area contributed by atoms with Gasteiger partial charge in [-0.1, -0.05) is 53.5 Å². The van der Waals surface area contributed by atoms with Crippen molar-refractivity contribution in [3.05, 3.63) is 11.6 Å². The standard InChI is InChI=1S/C27H47N3O4/c1-9-34-26(33)19(4)17-22(18(2)3)29(8)25(32)23(27(5,6)7)28-24(31)21-15-10-11-16-30(21)20-13-12-14-20/h17-18,20-23H,9-16H2,1-8H3,(H,28,31)/t21-,22-,23-/m1/s1. The van der Waals surface area contributed by atoms with Crippen molar-refractivity contribution in [2.75, 3.05) is 20.2 Å². The van der Waals surface area contributed by atoms with E-state index in [1.54, 1.807) is 25.8 Å². The lowest BCUT2D eigenvalue weighted by molar-refractivity contribution is -0.142. The average Bonchev–Trinajstić information content (AvgIpc) is 2.72. The van der Waals surface area contributed by atoms with Gasteiger partial charge in [0.2, 0.25) is 11.8 Å². The lowest BCUT2D eigenvalue weighted by atomic mass is 9.84. The highest BCUT2D eigenvalue weighted by atomic mass is 16.5. The van der Waals surface area contributed by atoms with Crippen molar-refractivity contribution in [3.8, 4) is 0 Å². The molecule has 1 saturated heterocycles. The molecule has 1 N–H and O–H groups in total. The molecule has 0 bridgehead atoms. The Labute approximate surface area is 206 Å². The van der Waals surface area contributed by atoms with Gasteiger partial charge in [-0.05, 0) is 57.4 Å². The smallest absolute Gasteiger partial charge is 0.333 e. The van der Waals surface area contributed by atoms with Gasteiger partial charge in [0.15, 0.2) is 0 Å². The Morgan fingerprint density at radius 3 is 2.26 bits per heavy atom. The number of esters is 1. The predicted molar refractivity (Wildman–Crippen MR) is 135 cm³/mol. The topological polar surface area (TPSA) is 79.0 Å². The molecule has 7 heteroatoms. The van der Waals surface area contributed by atoms with E-state index in [0.29, 0.717) is 18.2 Å². The molecule has 0 unspecified atom stereocenters. The molecular weight excluding hydrogens is 430 g/mol. The van der Waals surface area contributed by atoms with Crippen molar-refractivity contribution in [2.45, 2.75) is 111 Å². The summed E-state index contributed by atoms with van der Waals surface area (Å²) < 4.78 is 5.12.